The first kappa shape index (κ1) is 12.4. The predicted octanol–water partition coefficient (Wildman–Crippen LogP) is -1.13. The highest BCUT2D eigenvalue weighted by atomic mass is 16.2. The third-order valence-corrected chi connectivity index (χ3v) is 2.70. The summed E-state index contributed by atoms with van der Waals surface area (Å²) in [6, 6.07) is 0. The maximum Gasteiger partial charge on any atom is 0.236 e. The van der Waals surface area contributed by atoms with Gasteiger partial charge in [-0.05, 0) is 7.05 Å². The van der Waals surface area contributed by atoms with Crippen molar-refractivity contribution in [2.24, 2.45) is 0 Å². The minimum Gasteiger partial charge on any atom is -0.348 e. The second-order valence-electron chi connectivity index (χ2n) is 4.19. The second kappa shape index (κ2) is 6.05. The summed E-state index contributed by atoms with van der Waals surface area (Å²) < 4.78 is 0. The number of nitrogens with one attached hydrogen (secondary N) is 1. The highest BCUT2D eigenvalue weighted by Gasteiger charge is 2.18. The molecule has 0 spiro atoms. The van der Waals surface area contributed by atoms with Crippen LogP contribution in [0.15, 0.2) is 0 Å². The molecule has 0 bridgehead atoms. The molecule has 1 aliphatic heterocycles. The van der Waals surface area contributed by atoms with Crippen LogP contribution >= 0.6 is 0 Å². The van der Waals surface area contributed by atoms with Gasteiger partial charge in [-0.3, -0.25) is 14.6 Å². The molecule has 5 heteroatoms. The minimum atomic E-state index is 0.192. The van der Waals surface area contributed by atoms with Gasteiger partial charge in [-0.2, -0.15) is 0 Å². The number of hydrogen-bond acceptors (Lipinski definition) is 4. The van der Waals surface area contributed by atoms with Gasteiger partial charge in [0.15, 0.2) is 0 Å². The fraction of sp³-hybridized carbons (Fsp3) is 0.900. The highest BCUT2D eigenvalue weighted by molar-refractivity contribution is 5.77. The lowest BCUT2D eigenvalue weighted by Gasteiger charge is -2.34. The molecule has 0 radical (unpaired) electrons. The lowest BCUT2D eigenvalue weighted by Crippen LogP contribution is -2.50. The fourth-order valence-corrected chi connectivity index (χ4v) is 1.66. The molecule has 0 atom stereocenters. The Labute approximate surface area is 92.0 Å². The van der Waals surface area contributed by atoms with Gasteiger partial charge >= 0.3 is 0 Å². The summed E-state index contributed by atoms with van der Waals surface area (Å²) in [5.41, 5.74) is 0. The number of carbonyl (C=O) groups is 1. The first-order valence-corrected chi connectivity index (χ1v) is 5.43. The third-order valence-electron chi connectivity index (χ3n) is 2.70. The Morgan fingerprint density at radius 2 is 1.73 bits per heavy atom. The van der Waals surface area contributed by atoms with Crippen LogP contribution in [-0.4, -0.2) is 81.1 Å². The van der Waals surface area contributed by atoms with Gasteiger partial charge in [0.25, 0.3) is 0 Å². The molecule has 1 saturated heterocycles. The van der Waals surface area contributed by atoms with Gasteiger partial charge in [0.2, 0.25) is 5.91 Å². The zero-order valence-corrected chi connectivity index (χ0v) is 9.99. The van der Waals surface area contributed by atoms with Crippen molar-refractivity contribution in [3.63, 3.8) is 0 Å². The van der Waals surface area contributed by atoms with Crippen LogP contribution < -0.4 is 5.32 Å². The lowest BCUT2D eigenvalue weighted by molar-refractivity contribution is -0.130. The molecule has 0 aromatic carbocycles. The number of amides is 1. The summed E-state index contributed by atoms with van der Waals surface area (Å²) >= 11 is 0. The molecule has 1 rings (SSSR count). The van der Waals surface area contributed by atoms with E-state index >= 15 is 0 Å². The van der Waals surface area contributed by atoms with E-state index in [0.717, 1.165) is 32.8 Å². The van der Waals surface area contributed by atoms with Crippen molar-refractivity contribution in [2.45, 2.75) is 0 Å². The number of nitrogens with zero attached hydrogens (tertiary/aromatic N) is 3. The van der Waals surface area contributed by atoms with Crippen LogP contribution in [0.1, 0.15) is 0 Å². The zero-order chi connectivity index (χ0) is 11.3. The van der Waals surface area contributed by atoms with E-state index in [1.54, 1.807) is 19.0 Å². The van der Waals surface area contributed by atoms with Gasteiger partial charge < -0.3 is 10.2 Å². The second-order valence-corrected chi connectivity index (χ2v) is 4.19. The Bertz CT molecular complexity index is 200. The first-order valence-electron chi connectivity index (χ1n) is 5.43. The molecular weight excluding hydrogens is 192 g/mol. The maximum absolute atomic E-state index is 11.5. The summed E-state index contributed by atoms with van der Waals surface area (Å²) in [5.74, 6) is 0.192. The van der Waals surface area contributed by atoms with Crippen molar-refractivity contribution in [2.75, 3.05) is 60.5 Å². The maximum atomic E-state index is 11.5. The summed E-state index contributed by atoms with van der Waals surface area (Å²) in [6.45, 7) is 5.56. The van der Waals surface area contributed by atoms with E-state index in [2.05, 4.69) is 15.1 Å². The normalized spacial score (nSPS) is 19.1. The van der Waals surface area contributed by atoms with E-state index in [9.17, 15) is 4.79 Å². The van der Waals surface area contributed by atoms with Crippen molar-refractivity contribution < 1.29 is 4.79 Å². The molecule has 1 N–H and O–H groups in total. The quantitative estimate of drug-likeness (QED) is 0.643. The van der Waals surface area contributed by atoms with E-state index < -0.39 is 0 Å². The Morgan fingerprint density at radius 1 is 1.20 bits per heavy atom. The average molecular weight is 214 g/mol. The topological polar surface area (TPSA) is 38.8 Å². The number of carbonyl (C=O) groups excluding carboxylic acids is 1. The summed E-state index contributed by atoms with van der Waals surface area (Å²) in [4.78, 5) is 17.7. The van der Waals surface area contributed by atoms with Gasteiger partial charge in [-0.15, -0.1) is 0 Å². The monoisotopic (exact) mass is 214 g/mol. The first-order chi connectivity index (χ1) is 7.13. The van der Waals surface area contributed by atoms with E-state index in [1.165, 1.54) is 0 Å². The molecule has 1 amide bonds. The van der Waals surface area contributed by atoms with Crippen LogP contribution in [0.5, 0.6) is 0 Å². The predicted molar refractivity (Wildman–Crippen MR) is 60.6 cm³/mol. The van der Waals surface area contributed by atoms with Crippen molar-refractivity contribution in [3.8, 4) is 0 Å². The van der Waals surface area contributed by atoms with Crippen LogP contribution in [0.2, 0.25) is 0 Å². The molecule has 0 aromatic rings. The summed E-state index contributed by atoms with van der Waals surface area (Å²) in [5, 5.41) is 3.14. The number of hydrogen-bond donors (Lipinski definition) is 1. The number of piperazine rings is 1. The molecule has 5 nitrogen and oxygen atoms in total. The Morgan fingerprint density at radius 3 is 2.20 bits per heavy atom. The molecule has 15 heavy (non-hydrogen) atoms. The SMILES string of the molecule is CNCN1CCN(CC(=O)N(C)C)CC1. The van der Waals surface area contributed by atoms with Crippen LogP contribution in [0.4, 0.5) is 0 Å². The zero-order valence-electron chi connectivity index (χ0n) is 9.99. The molecule has 1 heterocycles. The van der Waals surface area contributed by atoms with Crippen molar-refractivity contribution >= 4 is 5.91 Å². The average Bonchev–Trinajstić information content (AvgIpc) is 2.21. The van der Waals surface area contributed by atoms with Crippen LogP contribution in [0, 0.1) is 0 Å². The lowest BCUT2D eigenvalue weighted by atomic mass is 10.3. The van der Waals surface area contributed by atoms with Gasteiger partial charge in [-0.1, -0.05) is 0 Å². The molecular formula is C10H22N4O. The standard InChI is InChI=1S/C10H22N4O/c1-11-9-14-6-4-13(5-7-14)8-10(15)12(2)3/h11H,4-9H2,1-3H3. The Balaban J connectivity index is 2.22. The van der Waals surface area contributed by atoms with E-state index in [1.807, 2.05) is 7.05 Å². The van der Waals surface area contributed by atoms with E-state index in [0.29, 0.717) is 6.54 Å². The molecule has 0 saturated carbocycles. The third kappa shape index (κ3) is 4.15. The van der Waals surface area contributed by atoms with Crippen LogP contribution in [0.3, 0.4) is 0 Å². The van der Waals surface area contributed by atoms with Gasteiger partial charge in [0.05, 0.1) is 6.54 Å². The van der Waals surface area contributed by atoms with E-state index in [4.69, 9.17) is 0 Å². The highest BCUT2D eigenvalue weighted by Crippen LogP contribution is 2.00. The number of likely N-dealkylation sites (N-methyl/N-ethyl adjacent to an activating group) is 1. The van der Waals surface area contributed by atoms with Crippen LogP contribution in [0.25, 0.3) is 0 Å². The molecule has 88 valence electrons. The summed E-state index contributed by atoms with van der Waals surface area (Å²) in [6.07, 6.45) is 0. The fourth-order valence-electron chi connectivity index (χ4n) is 1.66. The van der Waals surface area contributed by atoms with Gasteiger partial charge in [0.1, 0.15) is 0 Å². The summed E-state index contributed by atoms with van der Waals surface area (Å²) in [7, 11) is 5.57. The number of rotatable bonds is 4. The minimum absolute atomic E-state index is 0.192. The smallest absolute Gasteiger partial charge is 0.236 e. The molecule has 0 aliphatic carbocycles. The van der Waals surface area contributed by atoms with Crippen molar-refractivity contribution in [3.05, 3.63) is 0 Å². The van der Waals surface area contributed by atoms with Crippen molar-refractivity contribution in [1.29, 1.82) is 0 Å². The van der Waals surface area contributed by atoms with Gasteiger partial charge in [-0.25, -0.2) is 0 Å². The van der Waals surface area contributed by atoms with E-state index in [-0.39, 0.29) is 5.91 Å². The molecule has 1 aliphatic rings. The molecule has 0 aromatic heterocycles. The Kier molecular flexibility index (Phi) is 5.01. The van der Waals surface area contributed by atoms with Gasteiger partial charge in [0, 0.05) is 46.9 Å². The largest absolute Gasteiger partial charge is 0.348 e. The molecule has 1 fully saturated rings. The van der Waals surface area contributed by atoms with Crippen molar-refractivity contribution in [1.82, 2.24) is 20.0 Å². The molecule has 0 unspecified atom stereocenters. The van der Waals surface area contributed by atoms with Crippen LogP contribution in [-0.2, 0) is 4.79 Å². The Hall–Kier alpha value is -0.650.